The SMILES string of the molecule is CO[C@@H]1[C@H](OC(N)=O)CC[C@]2(O)CO[C@](C)(C(O)CC=C(C)C)[C@@H]12. The fourth-order valence-electron chi connectivity index (χ4n) is 4.07. The molecule has 1 unspecified atom stereocenters. The molecular weight excluding hydrogens is 314 g/mol. The molecule has 1 saturated heterocycles. The largest absolute Gasteiger partial charge is 0.444 e. The summed E-state index contributed by atoms with van der Waals surface area (Å²) in [6.07, 6.45) is 0.273. The lowest BCUT2D eigenvalue weighted by Crippen LogP contribution is -2.62. The lowest BCUT2D eigenvalue weighted by Gasteiger charge is -2.47. The standard InChI is InChI=1S/C17H29NO6/c1-10(2)5-6-12(19)16(3)14-13(22-4)11(24-15(18)20)7-8-17(14,21)9-23-16/h5,11-14,19,21H,6-9H2,1-4H3,(H2,18,20)/t11-,12?,13-,14-,16-,17+/m1/s1. The van der Waals surface area contributed by atoms with Crippen LogP contribution in [0.2, 0.25) is 0 Å². The molecule has 0 aromatic heterocycles. The van der Waals surface area contributed by atoms with E-state index < -0.39 is 41.5 Å². The van der Waals surface area contributed by atoms with Gasteiger partial charge in [0.15, 0.2) is 0 Å². The Morgan fingerprint density at radius 2 is 2.17 bits per heavy atom. The monoisotopic (exact) mass is 343 g/mol. The number of hydrogen-bond acceptors (Lipinski definition) is 6. The van der Waals surface area contributed by atoms with Crippen molar-refractivity contribution in [3.8, 4) is 0 Å². The Morgan fingerprint density at radius 1 is 1.50 bits per heavy atom. The maximum atomic E-state index is 11.2. The highest BCUT2D eigenvalue weighted by atomic mass is 16.6. The van der Waals surface area contributed by atoms with Crippen LogP contribution in [0.25, 0.3) is 0 Å². The summed E-state index contributed by atoms with van der Waals surface area (Å²) in [6, 6.07) is 0. The summed E-state index contributed by atoms with van der Waals surface area (Å²) in [7, 11) is 1.50. The van der Waals surface area contributed by atoms with Gasteiger partial charge in [0.2, 0.25) is 0 Å². The fourth-order valence-corrected chi connectivity index (χ4v) is 4.07. The molecule has 6 atom stereocenters. The van der Waals surface area contributed by atoms with Crippen LogP contribution in [0.1, 0.15) is 40.0 Å². The minimum atomic E-state index is -1.13. The van der Waals surface area contributed by atoms with Crippen molar-refractivity contribution in [1.82, 2.24) is 0 Å². The van der Waals surface area contributed by atoms with Crippen molar-refractivity contribution in [2.24, 2.45) is 11.7 Å². The van der Waals surface area contributed by atoms with Crippen LogP contribution in [0.5, 0.6) is 0 Å². The van der Waals surface area contributed by atoms with Crippen molar-refractivity contribution in [2.45, 2.75) is 69.5 Å². The third-order valence-corrected chi connectivity index (χ3v) is 5.34. The van der Waals surface area contributed by atoms with Crippen LogP contribution in [0, 0.1) is 5.92 Å². The average Bonchev–Trinajstić information content (AvgIpc) is 2.78. The molecule has 4 N–H and O–H groups in total. The number of aliphatic hydroxyl groups is 2. The molecule has 1 heterocycles. The topological polar surface area (TPSA) is 111 Å². The molecule has 1 saturated carbocycles. The molecule has 7 nitrogen and oxygen atoms in total. The summed E-state index contributed by atoms with van der Waals surface area (Å²) in [6.45, 7) is 5.80. The molecule has 138 valence electrons. The Hall–Kier alpha value is -1.15. The number of carbonyl (C=O) groups is 1. The summed E-state index contributed by atoms with van der Waals surface area (Å²) >= 11 is 0. The number of methoxy groups -OCH3 is 1. The van der Waals surface area contributed by atoms with Gasteiger partial charge in [-0.3, -0.25) is 0 Å². The van der Waals surface area contributed by atoms with E-state index in [4.69, 9.17) is 19.9 Å². The van der Waals surface area contributed by atoms with Crippen molar-refractivity contribution < 1.29 is 29.2 Å². The summed E-state index contributed by atoms with van der Waals surface area (Å²) in [4.78, 5) is 11.2. The van der Waals surface area contributed by atoms with Crippen LogP contribution in [0.3, 0.4) is 0 Å². The minimum Gasteiger partial charge on any atom is -0.444 e. The van der Waals surface area contributed by atoms with E-state index in [-0.39, 0.29) is 6.61 Å². The molecule has 2 aliphatic rings. The first-order valence-electron chi connectivity index (χ1n) is 8.30. The van der Waals surface area contributed by atoms with Crippen LogP contribution in [0.4, 0.5) is 4.79 Å². The van der Waals surface area contributed by atoms with Gasteiger partial charge in [0.1, 0.15) is 12.2 Å². The van der Waals surface area contributed by atoms with E-state index in [1.807, 2.05) is 19.9 Å². The van der Waals surface area contributed by atoms with Gasteiger partial charge in [-0.15, -0.1) is 0 Å². The van der Waals surface area contributed by atoms with Gasteiger partial charge >= 0.3 is 6.09 Å². The number of rotatable bonds is 5. The van der Waals surface area contributed by atoms with Crippen molar-refractivity contribution in [1.29, 1.82) is 0 Å². The van der Waals surface area contributed by atoms with E-state index in [9.17, 15) is 15.0 Å². The molecule has 1 aliphatic heterocycles. The molecule has 1 amide bonds. The molecule has 0 aromatic rings. The number of carbonyl (C=O) groups excluding carboxylic acids is 1. The second-order valence-electron chi connectivity index (χ2n) is 7.30. The highest BCUT2D eigenvalue weighted by molar-refractivity contribution is 5.64. The van der Waals surface area contributed by atoms with Gasteiger partial charge in [-0.05, 0) is 40.0 Å². The summed E-state index contributed by atoms with van der Waals surface area (Å²) in [5.74, 6) is -0.534. The number of primary amides is 1. The molecule has 0 radical (unpaired) electrons. The zero-order valence-electron chi connectivity index (χ0n) is 14.8. The van der Waals surface area contributed by atoms with Gasteiger partial charge in [0.05, 0.1) is 29.8 Å². The Balaban J connectivity index is 2.31. The maximum Gasteiger partial charge on any atom is 0.404 e. The third-order valence-electron chi connectivity index (χ3n) is 5.34. The predicted octanol–water partition coefficient (Wildman–Crippen LogP) is 1.11. The molecule has 0 spiro atoms. The minimum absolute atomic E-state index is 0.114. The molecule has 0 aromatic carbocycles. The maximum absolute atomic E-state index is 11.2. The first-order chi connectivity index (χ1) is 11.1. The van der Waals surface area contributed by atoms with Crippen molar-refractivity contribution in [2.75, 3.05) is 13.7 Å². The van der Waals surface area contributed by atoms with Crippen LogP contribution < -0.4 is 5.73 Å². The van der Waals surface area contributed by atoms with Crippen LogP contribution >= 0.6 is 0 Å². The first kappa shape index (κ1) is 19.2. The van der Waals surface area contributed by atoms with Gasteiger partial charge < -0.3 is 30.2 Å². The van der Waals surface area contributed by atoms with Gasteiger partial charge in [0.25, 0.3) is 0 Å². The van der Waals surface area contributed by atoms with E-state index in [1.54, 1.807) is 6.92 Å². The predicted molar refractivity (Wildman–Crippen MR) is 87.3 cm³/mol. The molecule has 2 rings (SSSR count). The van der Waals surface area contributed by atoms with Crippen molar-refractivity contribution >= 4 is 6.09 Å². The van der Waals surface area contributed by atoms with Crippen LogP contribution in [-0.2, 0) is 14.2 Å². The van der Waals surface area contributed by atoms with E-state index in [1.165, 1.54) is 7.11 Å². The number of hydrogen-bond donors (Lipinski definition) is 3. The lowest BCUT2D eigenvalue weighted by molar-refractivity contribution is -0.179. The van der Waals surface area contributed by atoms with Crippen LogP contribution in [0.15, 0.2) is 11.6 Å². The zero-order valence-corrected chi connectivity index (χ0v) is 14.8. The second-order valence-corrected chi connectivity index (χ2v) is 7.30. The number of ether oxygens (including phenoxy) is 3. The van der Waals surface area contributed by atoms with E-state index in [2.05, 4.69) is 0 Å². The second kappa shape index (κ2) is 7.00. The Labute approximate surface area is 142 Å². The van der Waals surface area contributed by atoms with Gasteiger partial charge in [0, 0.05) is 7.11 Å². The molecule has 7 heteroatoms. The number of allylic oxidation sites excluding steroid dienone is 1. The van der Waals surface area contributed by atoms with E-state index in [0.717, 1.165) is 5.57 Å². The summed E-state index contributed by atoms with van der Waals surface area (Å²) in [5, 5.41) is 21.7. The quantitative estimate of drug-likeness (QED) is 0.645. The molecule has 24 heavy (non-hydrogen) atoms. The highest BCUT2D eigenvalue weighted by Crippen LogP contribution is 2.51. The Bertz CT molecular complexity index is 505. The Morgan fingerprint density at radius 3 is 2.71 bits per heavy atom. The Kier molecular flexibility index (Phi) is 5.59. The molecular formula is C17H29NO6. The van der Waals surface area contributed by atoms with Gasteiger partial charge in [-0.1, -0.05) is 11.6 Å². The van der Waals surface area contributed by atoms with Crippen molar-refractivity contribution in [3.05, 3.63) is 11.6 Å². The number of nitrogens with two attached hydrogens (primary N) is 1. The van der Waals surface area contributed by atoms with E-state index >= 15 is 0 Å². The van der Waals surface area contributed by atoms with E-state index in [0.29, 0.717) is 19.3 Å². The molecule has 2 fully saturated rings. The van der Waals surface area contributed by atoms with Crippen molar-refractivity contribution in [3.63, 3.8) is 0 Å². The fraction of sp³-hybridized carbons (Fsp3) is 0.824. The normalized spacial score (nSPS) is 39.8. The number of fused-ring (bicyclic) bond motifs is 1. The third kappa shape index (κ3) is 3.44. The molecule has 1 aliphatic carbocycles. The van der Waals surface area contributed by atoms with Crippen LogP contribution in [-0.4, -0.2) is 59.5 Å². The summed E-state index contributed by atoms with van der Waals surface area (Å²) in [5.41, 5.74) is 4.10. The summed E-state index contributed by atoms with van der Waals surface area (Å²) < 4.78 is 16.6. The molecule has 0 bridgehead atoms. The lowest BCUT2D eigenvalue weighted by atomic mass is 9.65. The average molecular weight is 343 g/mol. The number of amides is 1. The number of aliphatic hydroxyl groups excluding tert-OH is 1. The first-order valence-corrected chi connectivity index (χ1v) is 8.30. The van der Waals surface area contributed by atoms with Gasteiger partial charge in [-0.25, -0.2) is 4.79 Å². The highest BCUT2D eigenvalue weighted by Gasteiger charge is 2.64. The zero-order chi connectivity index (χ0) is 18.1. The van der Waals surface area contributed by atoms with Gasteiger partial charge in [-0.2, -0.15) is 0 Å². The smallest absolute Gasteiger partial charge is 0.404 e.